The molecule has 3 rings (SSSR count). The van der Waals surface area contributed by atoms with Crippen LogP contribution in [-0.4, -0.2) is 26.9 Å². The van der Waals surface area contributed by atoms with Gasteiger partial charge < -0.3 is 11.1 Å². The third kappa shape index (κ3) is 3.00. The van der Waals surface area contributed by atoms with Gasteiger partial charge in [0.25, 0.3) is 0 Å². The predicted molar refractivity (Wildman–Crippen MR) is 91.8 cm³/mol. The lowest BCUT2D eigenvalue weighted by molar-refractivity contribution is -0.115. The molecule has 1 amide bonds. The van der Waals surface area contributed by atoms with Crippen molar-refractivity contribution < 1.29 is 4.79 Å². The number of nitrogens with one attached hydrogen (secondary N) is 1. The maximum absolute atomic E-state index is 11.9. The molecule has 0 spiro atoms. The van der Waals surface area contributed by atoms with Crippen molar-refractivity contribution in [3.05, 3.63) is 53.2 Å². The Bertz CT molecular complexity index is 794. The lowest BCUT2D eigenvalue weighted by Gasteiger charge is -2.25. The van der Waals surface area contributed by atoms with E-state index in [0.29, 0.717) is 22.4 Å². The molecular weight excluding hydrogens is 310 g/mol. The van der Waals surface area contributed by atoms with Gasteiger partial charge in [-0.1, -0.05) is 54.2 Å². The van der Waals surface area contributed by atoms with Crippen LogP contribution < -0.4 is 11.1 Å². The minimum Gasteiger partial charge on any atom is -0.366 e. The number of amides is 1. The summed E-state index contributed by atoms with van der Waals surface area (Å²) in [6, 6.07) is 9.50. The fourth-order valence-electron chi connectivity index (χ4n) is 2.52. The van der Waals surface area contributed by atoms with E-state index < -0.39 is 5.91 Å². The fraction of sp³-hybridized carbons (Fsp3) is 0.188. The summed E-state index contributed by atoms with van der Waals surface area (Å²) in [4.78, 5) is 16.3. The van der Waals surface area contributed by atoms with Gasteiger partial charge in [0, 0.05) is 5.70 Å². The second-order valence-corrected chi connectivity index (χ2v) is 5.88. The molecule has 23 heavy (non-hydrogen) atoms. The number of allylic oxidation sites excluding steroid dienone is 2. The summed E-state index contributed by atoms with van der Waals surface area (Å²) >= 11 is 1.45. The van der Waals surface area contributed by atoms with Gasteiger partial charge in [0.15, 0.2) is 0 Å². The molecule has 1 aliphatic heterocycles. The minimum absolute atomic E-state index is 0.377. The first kappa shape index (κ1) is 15.4. The number of primary amides is 1. The molecule has 0 saturated carbocycles. The number of aromatic nitrogens is 3. The standard InChI is InChI=1S/C16H17N5OS/c1-10-13(14(17)22)12(9-8-11-6-4-3-5-7-11)21-15(18-10)19-16(20-21)23-2/h3-9,12H,1-2H3,(H2,17,22)(H,18,19,20)/b9-8+. The smallest absolute Gasteiger partial charge is 0.248 e. The maximum Gasteiger partial charge on any atom is 0.248 e. The summed E-state index contributed by atoms with van der Waals surface area (Å²) < 4.78 is 1.69. The molecule has 0 saturated heterocycles. The molecule has 1 unspecified atom stereocenters. The summed E-state index contributed by atoms with van der Waals surface area (Å²) in [5.41, 5.74) is 7.81. The molecule has 1 aromatic carbocycles. The van der Waals surface area contributed by atoms with Crippen molar-refractivity contribution in [3.8, 4) is 0 Å². The van der Waals surface area contributed by atoms with E-state index in [1.165, 1.54) is 11.8 Å². The van der Waals surface area contributed by atoms with Gasteiger partial charge >= 0.3 is 0 Å². The van der Waals surface area contributed by atoms with Crippen LogP contribution in [0.15, 0.2) is 52.8 Å². The quantitative estimate of drug-likeness (QED) is 0.842. The molecule has 1 aromatic heterocycles. The van der Waals surface area contributed by atoms with Crippen LogP contribution in [0.5, 0.6) is 0 Å². The van der Waals surface area contributed by atoms with Crippen LogP contribution in [-0.2, 0) is 4.79 Å². The van der Waals surface area contributed by atoms with E-state index in [4.69, 9.17) is 5.73 Å². The Balaban J connectivity index is 2.04. The van der Waals surface area contributed by atoms with Crippen molar-refractivity contribution in [3.63, 3.8) is 0 Å². The Morgan fingerprint density at radius 3 is 2.78 bits per heavy atom. The summed E-state index contributed by atoms with van der Waals surface area (Å²) in [6.07, 6.45) is 5.78. The summed E-state index contributed by atoms with van der Waals surface area (Å²) in [6.45, 7) is 1.82. The van der Waals surface area contributed by atoms with Crippen LogP contribution in [0.1, 0.15) is 18.5 Å². The zero-order valence-corrected chi connectivity index (χ0v) is 13.7. The summed E-state index contributed by atoms with van der Waals surface area (Å²) in [5, 5.41) is 8.18. The molecule has 2 aromatic rings. The number of fused-ring (bicyclic) bond motifs is 1. The first-order valence-corrected chi connectivity index (χ1v) is 8.34. The predicted octanol–water partition coefficient (Wildman–Crippen LogP) is 2.44. The van der Waals surface area contributed by atoms with Gasteiger partial charge in [0.05, 0.1) is 5.57 Å². The molecule has 0 aliphatic carbocycles. The van der Waals surface area contributed by atoms with Crippen molar-refractivity contribution in [1.29, 1.82) is 0 Å². The zero-order valence-electron chi connectivity index (χ0n) is 12.9. The Morgan fingerprint density at radius 2 is 2.13 bits per heavy atom. The van der Waals surface area contributed by atoms with Crippen molar-refractivity contribution in [2.45, 2.75) is 18.1 Å². The highest BCUT2D eigenvalue weighted by atomic mass is 32.2. The van der Waals surface area contributed by atoms with Crippen LogP contribution >= 0.6 is 11.8 Å². The molecule has 118 valence electrons. The van der Waals surface area contributed by atoms with E-state index in [0.717, 1.165) is 5.56 Å². The number of thioether (sulfide) groups is 1. The summed E-state index contributed by atoms with van der Waals surface area (Å²) in [7, 11) is 0. The highest BCUT2D eigenvalue weighted by molar-refractivity contribution is 7.98. The first-order chi connectivity index (χ1) is 11.1. The highest BCUT2D eigenvalue weighted by Gasteiger charge is 2.30. The number of hydrogen-bond donors (Lipinski definition) is 2. The molecule has 7 heteroatoms. The molecule has 1 aliphatic rings. The van der Waals surface area contributed by atoms with Crippen LogP contribution in [0.3, 0.4) is 0 Å². The third-order valence-corrected chi connectivity index (χ3v) is 4.13. The number of nitrogens with two attached hydrogens (primary N) is 1. The van der Waals surface area contributed by atoms with E-state index in [-0.39, 0.29) is 6.04 Å². The van der Waals surface area contributed by atoms with Crippen molar-refractivity contribution in [2.75, 3.05) is 11.6 Å². The number of rotatable bonds is 4. The number of nitrogens with zero attached hydrogens (tertiary/aromatic N) is 3. The number of carbonyl (C=O) groups excluding carboxylic acids is 1. The largest absolute Gasteiger partial charge is 0.366 e. The molecule has 2 heterocycles. The first-order valence-electron chi connectivity index (χ1n) is 7.11. The fourth-order valence-corrected chi connectivity index (χ4v) is 2.87. The van der Waals surface area contributed by atoms with Gasteiger partial charge in [0.1, 0.15) is 6.04 Å². The van der Waals surface area contributed by atoms with Gasteiger partial charge in [-0.3, -0.25) is 4.79 Å². The Kier molecular flexibility index (Phi) is 4.20. The van der Waals surface area contributed by atoms with Crippen molar-refractivity contribution in [2.24, 2.45) is 5.73 Å². The van der Waals surface area contributed by atoms with E-state index in [1.54, 1.807) is 4.68 Å². The maximum atomic E-state index is 11.9. The third-order valence-electron chi connectivity index (χ3n) is 3.59. The molecule has 0 radical (unpaired) electrons. The van der Waals surface area contributed by atoms with Crippen molar-refractivity contribution >= 4 is 29.7 Å². The van der Waals surface area contributed by atoms with E-state index in [1.807, 2.05) is 55.7 Å². The molecule has 0 bridgehead atoms. The summed E-state index contributed by atoms with van der Waals surface area (Å²) in [5.74, 6) is 0.143. The number of hydrogen-bond acceptors (Lipinski definition) is 5. The average molecular weight is 327 g/mol. The topological polar surface area (TPSA) is 85.8 Å². The van der Waals surface area contributed by atoms with Crippen LogP contribution in [0.4, 0.5) is 5.95 Å². The SMILES string of the molecule is CSc1nc2n(n1)C(/C=C/c1ccccc1)C(C(N)=O)=C(C)N2. The second kappa shape index (κ2) is 6.29. The molecule has 3 N–H and O–H groups in total. The molecule has 1 atom stereocenters. The van der Waals surface area contributed by atoms with Crippen LogP contribution in [0.25, 0.3) is 6.08 Å². The van der Waals surface area contributed by atoms with E-state index >= 15 is 0 Å². The lowest BCUT2D eigenvalue weighted by atomic mass is 10.0. The highest BCUT2D eigenvalue weighted by Crippen LogP contribution is 2.32. The van der Waals surface area contributed by atoms with E-state index in [9.17, 15) is 4.79 Å². The van der Waals surface area contributed by atoms with Gasteiger partial charge in [-0.15, -0.1) is 5.10 Å². The number of anilines is 1. The normalized spacial score (nSPS) is 17.2. The second-order valence-electron chi connectivity index (χ2n) is 5.11. The molecular formula is C16H17N5OS. The van der Waals surface area contributed by atoms with Gasteiger partial charge in [-0.2, -0.15) is 4.98 Å². The zero-order chi connectivity index (χ0) is 16.4. The van der Waals surface area contributed by atoms with Crippen LogP contribution in [0, 0.1) is 0 Å². The Morgan fingerprint density at radius 1 is 1.39 bits per heavy atom. The van der Waals surface area contributed by atoms with Gasteiger partial charge in [-0.25, -0.2) is 4.68 Å². The number of benzene rings is 1. The Labute approximate surface area is 138 Å². The van der Waals surface area contributed by atoms with Gasteiger partial charge in [-0.05, 0) is 18.7 Å². The lowest BCUT2D eigenvalue weighted by Crippen LogP contribution is -2.30. The van der Waals surface area contributed by atoms with Gasteiger partial charge in [0.2, 0.25) is 17.0 Å². The molecule has 0 fully saturated rings. The van der Waals surface area contributed by atoms with E-state index in [2.05, 4.69) is 15.4 Å². The number of carbonyl (C=O) groups is 1. The Hall–Kier alpha value is -2.54. The monoisotopic (exact) mass is 327 g/mol. The van der Waals surface area contributed by atoms with Crippen LogP contribution in [0.2, 0.25) is 0 Å². The molecule has 6 nitrogen and oxygen atoms in total. The van der Waals surface area contributed by atoms with Crippen molar-refractivity contribution in [1.82, 2.24) is 14.8 Å². The minimum atomic E-state index is -0.468. The average Bonchev–Trinajstić information content (AvgIpc) is 2.95.